The van der Waals surface area contributed by atoms with Crippen molar-refractivity contribution in [1.29, 1.82) is 0 Å². The van der Waals surface area contributed by atoms with Crippen LogP contribution in [0.15, 0.2) is 41.4 Å². The highest BCUT2D eigenvalue weighted by atomic mass is 32.2. The minimum atomic E-state index is -4.81. The third-order valence-corrected chi connectivity index (χ3v) is 9.64. The summed E-state index contributed by atoms with van der Waals surface area (Å²) in [5, 5.41) is 2.57. The first-order valence-corrected chi connectivity index (χ1v) is 15.0. The lowest BCUT2D eigenvalue weighted by Gasteiger charge is -2.35. The van der Waals surface area contributed by atoms with Crippen molar-refractivity contribution in [3.8, 4) is 0 Å². The average Bonchev–Trinajstić information content (AvgIpc) is 3.36. The molecule has 2 aliphatic heterocycles. The minimum Gasteiger partial charge on any atom is -0.371 e. The fourth-order valence-corrected chi connectivity index (χ4v) is 7.23. The van der Waals surface area contributed by atoms with Crippen LogP contribution < -0.4 is 10.2 Å². The molecule has 1 aromatic heterocycles. The van der Waals surface area contributed by atoms with E-state index in [1.807, 2.05) is 6.92 Å². The molecule has 7 nitrogen and oxygen atoms in total. The predicted octanol–water partition coefficient (Wildman–Crippen LogP) is 5.51. The Balaban J connectivity index is 1.52. The summed E-state index contributed by atoms with van der Waals surface area (Å²) in [6, 6.07) is 4.21. The normalized spacial score (nSPS) is 21.1. The quantitative estimate of drug-likeness (QED) is 0.392. The molecule has 4 rings (SSSR count). The first-order chi connectivity index (χ1) is 19.6. The molecule has 0 radical (unpaired) electrons. The van der Waals surface area contributed by atoms with Crippen molar-refractivity contribution < 1.29 is 43.9 Å². The molecule has 0 spiro atoms. The lowest BCUT2D eigenvalue weighted by Crippen LogP contribution is -2.45. The summed E-state index contributed by atoms with van der Waals surface area (Å²) in [6.45, 7) is 1.19. The zero-order valence-electron chi connectivity index (χ0n) is 22.7. The van der Waals surface area contributed by atoms with Crippen molar-refractivity contribution >= 4 is 21.6 Å². The molecule has 1 aromatic carbocycles. The van der Waals surface area contributed by atoms with Crippen LogP contribution in [0.2, 0.25) is 0 Å². The predicted molar refractivity (Wildman–Crippen MR) is 139 cm³/mol. The number of carbonyl (C=O) groups excluding carboxylic acids is 1. The Morgan fingerprint density at radius 1 is 1.07 bits per heavy atom. The van der Waals surface area contributed by atoms with E-state index in [1.54, 1.807) is 0 Å². The number of piperidine rings is 1. The molecule has 1 amide bonds. The van der Waals surface area contributed by atoms with E-state index in [-0.39, 0.29) is 67.6 Å². The van der Waals surface area contributed by atoms with Crippen LogP contribution in [0.5, 0.6) is 0 Å². The zero-order valence-corrected chi connectivity index (χ0v) is 23.5. The fourth-order valence-electron chi connectivity index (χ4n) is 5.56. The molecule has 0 aliphatic carbocycles. The number of nitrogens with one attached hydrogen (secondary N) is 1. The highest BCUT2D eigenvalue weighted by molar-refractivity contribution is 7.89. The van der Waals surface area contributed by atoms with Gasteiger partial charge >= 0.3 is 12.4 Å². The van der Waals surface area contributed by atoms with E-state index < -0.39 is 51.6 Å². The number of hydrogen-bond acceptors (Lipinski definition) is 5. The maximum atomic E-state index is 13.7. The van der Waals surface area contributed by atoms with Gasteiger partial charge in [-0.25, -0.2) is 12.8 Å². The number of halogens is 7. The SMILES string of the molecule is CCCC1CC(C(=O)NCc2cc(N3CCC(C(F)(F)F)CC3)c(C(F)(F)F)cn2)N(S(=O)(=O)c2ccc(F)cc2)C1. The van der Waals surface area contributed by atoms with Gasteiger partial charge in [0.15, 0.2) is 0 Å². The number of nitrogens with zero attached hydrogens (tertiary/aromatic N) is 3. The molecule has 15 heteroatoms. The first-order valence-electron chi connectivity index (χ1n) is 13.5. The molecule has 42 heavy (non-hydrogen) atoms. The van der Waals surface area contributed by atoms with E-state index in [2.05, 4.69) is 10.3 Å². The Bertz CT molecular complexity index is 1360. The molecule has 232 valence electrons. The molecule has 2 fully saturated rings. The lowest BCUT2D eigenvalue weighted by molar-refractivity contribution is -0.179. The van der Waals surface area contributed by atoms with Crippen molar-refractivity contribution in [3.63, 3.8) is 0 Å². The molecule has 2 saturated heterocycles. The van der Waals surface area contributed by atoms with Gasteiger partial charge in [0.2, 0.25) is 15.9 Å². The van der Waals surface area contributed by atoms with E-state index in [9.17, 15) is 43.9 Å². The fraction of sp³-hybridized carbons (Fsp3) is 0.556. The molecular formula is C27H31F7N4O3S. The van der Waals surface area contributed by atoms with Gasteiger partial charge in [-0.3, -0.25) is 9.78 Å². The Kier molecular flexibility index (Phi) is 9.40. The number of aromatic nitrogens is 1. The van der Waals surface area contributed by atoms with Gasteiger partial charge in [0.1, 0.15) is 11.9 Å². The summed E-state index contributed by atoms with van der Waals surface area (Å²) in [7, 11) is -4.16. The van der Waals surface area contributed by atoms with Crippen LogP contribution in [0.25, 0.3) is 0 Å². The molecule has 2 aromatic rings. The standard InChI is InChI=1S/C27H31F7N4O3S/c1-2-3-17-12-24(38(16-17)42(40,41)21-6-4-19(28)5-7-21)25(39)36-14-20-13-23(22(15-35-20)27(32,33)34)37-10-8-18(9-11-37)26(29,30)31/h4-7,13,15,17-18,24H,2-3,8-12,14,16H2,1H3,(H,36,39). The molecule has 2 unspecified atom stereocenters. The molecule has 0 bridgehead atoms. The van der Waals surface area contributed by atoms with Gasteiger partial charge in [-0.2, -0.15) is 30.6 Å². The van der Waals surface area contributed by atoms with E-state index in [1.165, 1.54) is 4.90 Å². The number of amides is 1. The van der Waals surface area contributed by atoms with E-state index >= 15 is 0 Å². The first kappa shape index (κ1) is 32.0. The van der Waals surface area contributed by atoms with Gasteiger partial charge < -0.3 is 10.2 Å². The zero-order chi connectivity index (χ0) is 30.9. The Hall–Kier alpha value is -2.94. The van der Waals surface area contributed by atoms with Gasteiger partial charge in [0.25, 0.3) is 0 Å². The van der Waals surface area contributed by atoms with Crippen LogP contribution in [-0.4, -0.2) is 55.5 Å². The summed E-state index contributed by atoms with van der Waals surface area (Å²) in [4.78, 5) is 18.1. The molecule has 0 saturated carbocycles. The van der Waals surface area contributed by atoms with Crippen molar-refractivity contribution in [2.45, 2.75) is 68.9 Å². The van der Waals surface area contributed by atoms with Gasteiger partial charge in [-0.05, 0) is 61.9 Å². The van der Waals surface area contributed by atoms with Crippen molar-refractivity contribution in [2.24, 2.45) is 11.8 Å². The summed E-state index contributed by atoms with van der Waals surface area (Å²) in [6.07, 6.45) is -7.72. The van der Waals surface area contributed by atoms with Crippen LogP contribution in [0.4, 0.5) is 36.4 Å². The summed E-state index contributed by atoms with van der Waals surface area (Å²) < 4.78 is 122. The number of pyridine rings is 1. The average molecular weight is 625 g/mol. The summed E-state index contributed by atoms with van der Waals surface area (Å²) in [5.41, 5.74) is -1.40. The smallest absolute Gasteiger partial charge is 0.371 e. The lowest BCUT2D eigenvalue weighted by atomic mass is 9.95. The van der Waals surface area contributed by atoms with Crippen LogP contribution in [-0.2, 0) is 27.5 Å². The number of rotatable bonds is 8. The number of sulfonamides is 1. The number of benzene rings is 1. The van der Waals surface area contributed by atoms with Crippen LogP contribution in [0.3, 0.4) is 0 Å². The maximum absolute atomic E-state index is 13.7. The van der Waals surface area contributed by atoms with Crippen LogP contribution >= 0.6 is 0 Å². The topological polar surface area (TPSA) is 82.6 Å². The van der Waals surface area contributed by atoms with Crippen molar-refractivity contribution in [1.82, 2.24) is 14.6 Å². The van der Waals surface area contributed by atoms with Crippen LogP contribution in [0, 0.1) is 17.7 Å². The van der Waals surface area contributed by atoms with Gasteiger partial charge in [0.05, 0.1) is 34.3 Å². The number of carbonyl (C=O) groups is 1. The number of anilines is 1. The molecule has 2 aliphatic rings. The van der Waals surface area contributed by atoms with Gasteiger partial charge in [0, 0.05) is 25.8 Å². The monoisotopic (exact) mass is 624 g/mol. The van der Waals surface area contributed by atoms with Crippen molar-refractivity contribution in [2.75, 3.05) is 24.5 Å². The number of alkyl halides is 6. The Labute approximate surface area is 239 Å². The van der Waals surface area contributed by atoms with Crippen LogP contribution in [0.1, 0.15) is 50.3 Å². The molecule has 2 atom stereocenters. The highest BCUT2D eigenvalue weighted by Gasteiger charge is 2.44. The third kappa shape index (κ3) is 7.16. The molecule has 1 N–H and O–H groups in total. The summed E-state index contributed by atoms with van der Waals surface area (Å²) in [5.74, 6) is -3.01. The maximum Gasteiger partial charge on any atom is 0.419 e. The number of hydrogen-bond donors (Lipinski definition) is 1. The van der Waals surface area contributed by atoms with E-state index in [0.717, 1.165) is 41.1 Å². The second-order valence-electron chi connectivity index (χ2n) is 10.6. The van der Waals surface area contributed by atoms with Gasteiger partial charge in [-0.15, -0.1) is 0 Å². The summed E-state index contributed by atoms with van der Waals surface area (Å²) >= 11 is 0. The van der Waals surface area contributed by atoms with Crippen molar-refractivity contribution in [3.05, 3.63) is 53.6 Å². The van der Waals surface area contributed by atoms with E-state index in [4.69, 9.17) is 0 Å². The third-order valence-electron chi connectivity index (χ3n) is 7.75. The Morgan fingerprint density at radius 2 is 1.71 bits per heavy atom. The second-order valence-corrected chi connectivity index (χ2v) is 12.5. The second kappa shape index (κ2) is 12.3. The molecular weight excluding hydrogens is 593 g/mol. The highest BCUT2D eigenvalue weighted by Crippen LogP contribution is 2.40. The minimum absolute atomic E-state index is 0.0281. The Morgan fingerprint density at radius 3 is 2.29 bits per heavy atom. The largest absolute Gasteiger partial charge is 0.419 e. The van der Waals surface area contributed by atoms with Gasteiger partial charge in [-0.1, -0.05) is 13.3 Å². The molecule has 3 heterocycles. The van der Waals surface area contributed by atoms with E-state index in [0.29, 0.717) is 12.6 Å².